The summed E-state index contributed by atoms with van der Waals surface area (Å²) in [4.78, 5) is 0. The van der Waals surface area contributed by atoms with Gasteiger partial charge in [-0.05, 0) is 59.5 Å². The molecule has 0 aromatic heterocycles. The minimum Gasteiger partial charge on any atom is -0.493 e. The molecule has 0 fully saturated rings. The van der Waals surface area contributed by atoms with Crippen molar-refractivity contribution in [3.05, 3.63) is 100 Å². The number of halogens is 5. The van der Waals surface area contributed by atoms with Gasteiger partial charge in [0.15, 0.2) is 0 Å². The van der Waals surface area contributed by atoms with Gasteiger partial charge in [0.25, 0.3) is 0 Å². The fraction of sp³-hybridized carbons (Fsp3) is 0.207. The third kappa shape index (κ3) is 5.18. The van der Waals surface area contributed by atoms with Crippen LogP contribution in [-0.4, -0.2) is 6.61 Å². The summed E-state index contributed by atoms with van der Waals surface area (Å²) < 4.78 is 77.8. The van der Waals surface area contributed by atoms with Crippen molar-refractivity contribution in [2.45, 2.75) is 32.6 Å². The van der Waals surface area contributed by atoms with Crippen molar-refractivity contribution in [3.63, 3.8) is 0 Å². The SMILES string of the molecule is CCCCOc1cc(F)c(-c2ccc3c(F)c(CCc4cc(F)c(C#N)c(F)c4)ccc3c2)c(F)c1. The summed E-state index contributed by atoms with van der Waals surface area (Å²) in [6.45, 7) is 2.35. The molecule has 7 heteroatoms. The quantitative estimate of drug-likeness (QED) is 0.183. The second-order valence-corrected chi connectivity index (χ2v) is 8.48. The van der Waals surface area contributed by atoms with Crippen LogP contribution in [0.3, 0.4) is 0 Å². The Kier molecular flexibility index (Phi) is 7.54. The Hall–Kier alpha value is -3.92. The van der Waals surface area contributed by atoms with Gasteiger partial charge in [-0.2, -0.15) is 5.26 Å². The summed E-state index contributed by atoms with van der Waals surface area (Å²) in [5, 5.41) is 9.49. The van der Waals surface area contributed by atoms with E-state index in [4.69, 9.17) is 10.00 Å². The highest BCUT2D eigenvalue weighted by molar-refractivity contribution is 5.88. The Morgan fingerprint density at radius 2 is 1.50 bits per heavy atom. The second-order valence-electron chi connectivity index (χ2n) is 8.48. The van der Waals surface area contributed by atoms with Crippen molar-refractivity contribution in [2.24, 2.45) is 0 Å². The van der Waals surface area contributed by atoms with E-state index in [0.29, 0.717) is 23.1 Å². The van der Waals surface area contributed by atoms with Crippen LogP contribution in [0, 0.1) is 40.4 Å². The molecule has 0 aliphatic heterocycles. The van der Waals surface area contributed by atoms with E-state index in [-0.39, 0.29) is 35.1 Å². The number of nitrogens with zero attached hydrogens (tertiary/aromatic N) is 1. The van der Waals surface area contributed by atoms with Gasteiger partial charge >= 0.3 is 0 Å². The average Bonchev–Trinajstić information content (AvgIpc) is 2.83. The zero-order valence-corrected chi connectivity index (χ0v) is 19.5. The topological polar surface area (TPSA) is 33.0 Å². The van der Waals surface area contributed by atoms with Crippen LogP contribution >= 0.6 is 0 Å². The number of rotatable bonds is 8. The smallest absolute Gasteiger partial charge is 0.144 e. The summed E-state index contributed by atoms with van der Waals surface area (Å²) in [6.07, 6.45) is 1.98. The molecule has 0 amide bonds. The Bertz CT molecular complexity index is 1430. The molecular formula is C29H22F5NO. The molecule has 4 rings (SSSR count). The molecule has 4 aromatic rings. The fourth-order valence-electron chi connectivity index (χ4n) is 4.08. The lowest BCUT2D eigenvalue weighted by atomic mass is 9.96. The van der Waals surface area contributed by atoms with E-state index >= 15 is 4.39 Å². The molecule has 0 unspecified atom stereocenters. The van der Waals surface area contributed by atoms with Gasteiger partial charge in [-0.15, -0.1) is 0 Å². The van der Waals surface area contributed by atoms with Gasteiger partial charge in [0.05, 0.1) is 12.2 Å². The maximum absolute atomic E-state index is 15.2. The standard InChI is InChI=1S/C29H22F5NO/c1-2-3-10-36-21-14-26(32)28(27(33)15-21)20-8-9-22-19(13-20)7-6-18(29(22)34)5-4-17-11-24(30)23(16-35)25(31)12-17/h6-9,11-15H,2-5,10H2,1H3. The Morgan fingerprint density at radius 1 is 0.806 bits per heavy atom. The maximum atomic E-state index is 15.2. The third-order valence-electron chi connectivity index (χ3n) is 6.00. The minimum atomic E-state index is -0.959. The number of ether oxygens (including phenoxy) is 1. The molecule has 0 aliphatic rings. The van der Waals surface area contributed by atoms with Gasteiger partial charge in [-0.3, -0.25) is 0 Å². The summed E-state index contributed by atoms with van der Waals surface area (Å²) in [5.74, 6) is -3.88. The molecule has 0 bridgehead atoms. The summed E-state index contributed by atoms with van der Waals surface area (Å²) in [7, 11) is 0. The van der Waals surface area contributed by atoms with Crippen LogP contribution in [0.5, 0.6) is 5.75 Å². The first-order chi connectivity index (χ1) is 17.3. The number of hydrogen-bond acceptors (Lipinski definition) is 2. The molecule has 4 aromatic carbocycles. The number of nitriles is 1. The van der Waals surface area contributed by atoms with Crippen LogP contribution in [0.25, 0.3) is 21.9 Å². The molecular weight excluding hydrogens is 473 g/mol. The van der Waals surface area contributed by atoms with E-state index in [9.17, 15) is 17.6 Å². The minimum absolute atomic E-state index is 0.112. The Morgan fingerprint density at radius 3 is 2.14 bits per heavy atom. The van der Waals surface area contributed by atoms with Gasteiger partial charge in [0, 0.05) is 17.5 Å². The van der Waals surface area contributed by atoms with Crippen LogP contribution in [0.4, 0.5) is 22.0 Å². The summed E-state index contributed by atoms with van der Waals surface area (Å²) >= 11 is 0. The van der Waals surface area contributed by atoms with Gasteiger partial charge in [0.2, 0.25) is 0 Å². The molecule has 0 saturated carbocycles. The van der Waals surface area contributed by atoms with E-state index in [0.717, 1.165) is 37.1 Å². The zero-order chi connectivity index (χ0) is 25.8. The highest BCUT2D eigenvalue weighted by Crippen LogP contribution is 2.33. The van der Waals surface area contributed by atoms with E-state index in [2.05, 4.69) is 0 Å². The highest BCUT2D eigenvalue weighted by atomic mass is 19.1. The number of benzene rings is 4. The maximum Gasteiger partial charge on any atom is 0.144 e. The van der Waals surface area contributed by atoms with Crippen LogP contribution < -0.4 is 4.74 Å². The van der Waals surface area contributed by atoms with E-state index in [1.54, 1.807) is 6.07 Å². The Balaban J connectivity index is 1.58. The lowest BCUT2D eigenvalue weighted by Crippen LogP contribution is -2.00. The molecule has 184 valence electrons. The van der Waals surface area contributed by atoms with Gasteiger partial charge in [0.1, 0.15) is 46.5 Å². The molecule has 0 heterocycles. The van der Waals surface area contributed by atoms with Crippen molar-refractivity contribution in [1.82, 2.24) is 0 Å². The van der Waals surface area contributed by atoms with E-state index < -0.39 is 34.6 Å². The van der Waals surface area contributed by atoms with Crippen LogP contribution in [0.2, 0.25) is 0 Å². The first-order valence-electron chi connectivity index (χ1n) is 11.5. The third-order valence-corrected chi connectivity index (χ3v) is 6.00. The number of hydrogen-bond donors (Lipinski definition) is 0. The lowest BCUT2D eigenvalue weighted by molar-refractivity contribution is 0.306. The van der Waals surface area contributed by atoms with Gasteiger partial charge in [-0.1, -0.05) is 37.6 Å². The average molecular weight is 495 g/mol. The van der Waals surface area contributed by atoms with Crippen LogP contribution in [-0.2, 0) is 12.8 Å². The normalized spacial score (nSPS) is 11.0. The van der Waals surface area contributed by atoms with Crippen molar-refractivity contribution in [1.29, 1.82) is 5.26 Å². The largest absolute Gasteiger partial charge is 0.493 e. The molecule has 0 saturated heterocycles. The number of fused-ring (bicyclic) bond motifs is 1. The number of unbranched alkanes of at least 4 members (excludes halogenated alkanes) is 1. The molecule has 0 radical (unpaired) electrons. The monoisotopic (exact) mass is 495 g/mol. The lowest BCUT2D eigenvalue weighted by Gasteiger charge is -2.12. The molecule has 0 spiro atoms. The molecule has 0 atom stereocenters. The first kappa shape index (κ1) is 25.2. The van der Waals surface area contributed by atoms with Crippen molar-refractivity contribution in [2.75, 3.05) is 6.61 Å². The zero-order valence-electron chi connectivity index (χ0n) is 19.5. The number of aryl methyl sites for hydroxylation is 2. The van der Waals surface area contributed by atoms with Crippen LogP contribution in [0.1, 0.15) is 36.5 Å². The molecule has 36 heavy (non-hydrogen) atoms. The van der Waals surface area contributed by atoms with Crippen molar-refractivity contribution < 1.29 is 26.7 Å². The van der Waals surface area contributed by atoms with E-state index in [1.165, 1.54) is 30.3 Å². The van der Waals surface area contributed by atoms with Gasteiger partial charge < -0.3 is 4.74 Å². The Labute approximate surface area is 205 Å². The molecule has 0 N–H and O–H groups in total. The summed E-state index contributed by atoms with van der Waals surface area (Å²) in [6, 6.07) is 13.4. The predicted molar refractivity (Wildman–Crippen MR) is 128 cm³/mol. The second kappa shape index (κ2) is 10.8. The van der Waals surface area contributed by atoms with Gasteiger partial charge in [-0.25, -0.2) is 22.0 Å². The van der Waals surface area contributed by atoms with Crippen molar-refractivity contribution >= 4 is 10.8 Å². The first-order valence-corrected chi connectivity index (χ1v) is 11.5. The molecule has 0 aliphatic carbocycles. The molecule has 2 nitrogen and oxygen atoms in total. The highest BCUT2D eigenvalue weighted by Gasteiger charge is 2.17. The van der Waals surface area contributed by atoms with Crippen molar-refractivity contribution in [3.8, 4) is 22.9 Å². The van der Waals surface area contributed by atoms with E-state index in [1.807, 2.05) is 6.92 Å². The summed E-state index contributed by atoms with van der Waals surface area (Å²) in [5.41, 5.74) is -0.00126. The van der Waals surface area contributed by atoms with Crippen LogP contribution in [0.15, 0.2) is 54.6 Å². The fourth-order valence-corrected chi connectivity index (χ4v) is 4.08. The predicted octanol–water partition coefficient (Wildman–Crippen LogP) is 8.04.